The Morgan fingerprint density at radius 3 is 2.85 bits per heavy atom. The Bertz CT molecular complexity index is 296. The van der Waals surface area contributed by atoms with Crippen molar-refractivity contribution in [3.8, 4) is 0 Å². The Hall–Kier alpha value is -0.900. The summed E-state index contributed by atoms with van der Waals surface area (Å²) in [6, 6.07) is 1.87. The number of carbonyl (C=O) groups excluding carboxylic acids is 1. The van der Waals surface area contributed by atoms with Crippen LogP contribution < -0.4 is 0 Å². The van der Waals surface area contributed by atoms with E-state index in [1.165, 1.54) is 0 Å². The summed E-state index contributed by atoms with van der Waals surface area (Å²) in [4.78, 5) is 12.8. The maximum absolute atomic E-state index is 11.2. The van der Waals surface area contributed by atoms with Crippen molar-refractivity contribution in [2.24, 2.45) is 0 Å². The van der Waals surface area contributed by atoms with Crippen LogP contribution in [0.4, 0.5) is 0 Å². The third-order valence-corrected chi connectivity index (χ3v) is 2.21. The molecule has 0 aliphatic carbocycles. The predicted molar refractivity (Wildman–Crippen MR) is 53.8 cm³/mol. The lowest BCUT2D eigenvalue weighted by Gasteiger charge is -2.14. The fourth-order valence-corrected chi connectivity index (χ4v) is 1.28. The zero-order valence-electron chi connectivity index (χ0n) is 7.78. The molecule has 0 bridgehead atoms. The van der Waals surface area contributed by atoms with Crippen molar-refractivity contribution >= 4 is 18.5 Å². The van der Waals surface area contributed by atoms with E-state index in [0.29, 0.717) is 6.54 Å². The van der Waals surface area contributed by atoms with Crippen LogP contribution in [-0.2, 0) is 11.3 Å². The highest BCUT2D eigenvalue weighted by Crippen LogP contribution is 2.10. The molecule has 4 heteroatoms. The molecule has 1 rings (SSSR count). The molecule has 0 spiro atoms. The lowest BCUT2D eigenvalue weighted by atomic mass is 10.2. The molecule has 0 saturated heterocycles. The van der Waals surface area contributed by atoms with E-state index in [-0.39, 0.29) is 11.7 Å². The van der Waals surface area contributed by atoms with Gasteiger partial charge in [-0.1, -0.05) is 0 Å². The summed E-state index contributed by atoms with van der Waals surface area (Å²) in [5.41, 5.74) is 1.04. The second-order valence-corrected chi connectivity index (χ2v) is 3.23. The third-order valence-electron chi connectivity index (χ3n) is 1.93. The van der Waals surface area contributed by atoms with Crippen LogP contribution in [0.5, 0.6) is 0 Å². The normalized spacial score (nSPS) is 10.1. The van der Waals surface area contributed by atoms with Crippen LogP contribution in [-0.4, -0.2) is 23.6 Å². The molecule has 1 aromatic heterocycles. The van der Waals surface area contributed by atoms with Gasteiger partial charge in [0, 0.05) is 19.2 Å². The molecule has 13 heavy (non-hydrogen) atoms. The minimum absolute atomic E-state index is 0.0175. The molecule has 0 aliphatic rings. The summed E-state index contributed by atoms with van der Waals surface area (Å²) >= 11 is 3.92. The van der Waals surface area contributed by atoms with Gasteiger partial charge in [-0.3, -0.25) is 4.79 Å². The fourth-order valence-electron chi connectivity index (χ4n) is 1.04. The van der Waals surface area contributed by atoms with E-state index in [1.54, 1.807) is 18.2 Å². The molecule has 1 heterocycles. The Balaban J connectivity index is 2.59. The van der Waals surface area contributed by atoms with Gasteiger partial charge in [-0.15, -0.1) is 0 Å². The Kier molecular flexibility index (Phi) is 3.42. The highest BCUT2D eigenvalue weighted by atomic mass is 32.1. The lowest BCUT2D eigenvalue weighted by molar-refractivity contribution is -0.127. The molecule has 0 aliphatic heterocycles. The first-order valence-corrected chi connectivity index (χ1v) is 4.66. The van der Waals surface area contributed by atoms with E-state index < -0.39 is 0 Å². The van der Waals surface area contributed by atoms with Crippen molar-refractivity contribution in [1.29, 1.82) is 0 Å². The maximum atomic E-state index is 11.2. The van der Waals surface area contributed by atoms with Gasteiger partial charge in [0.25, 0.3) is 0 Å². The zero-order valence-corrected chi connectivity index (χ0v) is 8.67. The summed E-state index contributed by atoms with van der Waals surface area (Å²) in [6.07, 6.45) is 1.63. The van der Waals surface area contributed by atoms with Crippen LogP contribution in [0.2, 0.25) is 0 Å². The van der Waals surface area contributed by atoms with E-state index in [2.05, 4.69) is 12.6 Å². The van der Waals surface area contributed by atoms with E-state index in [0.717, 1.165) is 11.3 Å². The highest BCUT2D eigenvalue weighted by Gasteiger charge is 2.09. The van der Waals surface area contributed by atoms with Gasteiger partial charge in [0.2, 0.25) is 5.91 Å². The van der Waals surface area contributed by atoms with E-state index in [4.69, 9.17) is 4.42 Å². The van der Waals surface area contributed by atoms with Crippen LogP contribution in [0.25, 0.3) is 0 Å². The topological polar surface area (TPSA) is 33.5 Å². The monoisotopic (exact) mass is 199 g/mol. The van der Waals surface area contributed by atoms with Crippen LogP contribution >= 0.6 is 12.6 Å². The highest BCUT2D eigenvalue weighted by molar-refractivity contribution is 7.81. The largest absolute Gasteiger partial charge is 0.469 e. The number of amides is 1. The number of carbonyl (C=O) groups is 1. The summed E-state index contributed by atoms with van der Waals surface area (Å²) in [7, 11) is 1.75. The van der Waals surface area contributed by atoms with Gasteiger partial charge in [-0.2, -0.15) is 12.6 Å². The third kappa shape index (κ3) is 2.52. The second kappa shape index (κ2) is 4.37. The van der Waals surface area contributed by atoms with E-state index in [9.17, 15) is 4.79 Å². The zero-order chi connectivity index (χ0) is 9.84. The van der Waals surface area contributed by atoms with Crippen molar-refractivity contribution in [3.63, 3.8) is 0 Å². The number of aryl methyl sites for hydroxylation is 1. The van der Waals surface area contributed by atoms with Crippen molar-refractivity contribution in [2.45, 2.75) is 13.5 Å². The molecular weight excluding hydrogens is 186 g/mol. The van der Waals surface area contributed by atoms with Gasteiger partial charge in [0.1, 0.15) is 5.76 Å². The number of furan rings is 1. The molecule has 0 saturated carbocycles. The average molecular weight is 199 g/mol. The smallest absolute Gasteiger partial charge is 0.232 e. The molecule has 0 atom stereocenters. The quantitative estimate of drug-likeness (QED) is 0.748. The Morgan fingerprint density at radius 2 is 2.38 bits per heavy atom. The molecule has 0 aromatic carbocycles. The molecule has 0 fully saturated rings. The van der Waals surface area contributed by atoms with Gasteiger partial charge >= 0.3 is 0 Å². The fraction of sp³-hybridized carbons (Fsp3) is 0.444. The molecule has 0 radical (unpaired) electrons. The van der Waals surface area contributed by atoms with Gasteiger partial charge in [-0.25, -0.2) is 0 Å². The minimum Gasteiger partial charge on any atom is -0.469 e. The standard InChI is InChI=1S/C9H13NO2S/c1-7-8(3-4-12-7)5-10(2)9(11)6-13/h3-4,13H,5-6H2,1-2H3. The molecule has 0 unspecified atom stereocenters. The second-order valence-electron chi connectivity index (χ2n) is 2.91. The van der Waals surface area contributed by atoms with E-state index in [1.807, 2.05) is 13.0 Å². The van der Waals surface area contributed by atoms with Crippen molar-refractivity contribution in [2.75, 3.05) is 12.8 Å². The number of hydrogen-bond donors (Lipinski definition) is 1. The molecule has 3 nitrogen and oxygen atoms in total. The molecular formula is C9H13NO2S. The van der Waals surface area contributed by atoms with Crippen LogP contribution in [0, 0.1) is 6.92 Å². The van der Waals surface area contributed by atoms with Crippen LogP contribution in [0.3, 0.4) is 0 Å². The summed E-state index contributed by atoms with van der Waals surface area (Å²) < 4.78 is 5.12. The number of hydrogen-bond acceptors (Lipinski definition) is 3. The first kappa shape index (κ1) is 10.2. The van der Waals surface area contributed by atoms with Gasteiger partial charge in [-0.05, 0) is 13.0 Å². The molecule has 1 amide bonds. The van der Waals surface area contributed by atoms with Crippen LogP contribution in [0.1, 0.15) is 11.3 Å². The Morgan fingerprint density at radius 1 is 1.69 bits per heavy atom. The summed E-state index contributed by atoms with van der Waals surface area (Å²) in [5.74, 6) is 1.12. The number of rotatable bonds is 3. The van der Waals surface area contributed by atoms with E-state index >= 15 is 0 Å². The van der Waals surface area contributed by atoms with Gasteiger partial charge < -0.3 is 9.32 Å². The number of thiol groups is 1. The SMILES string of the molecule is Cc1occc1CN(C)C(=O)CS. The first-order valence-electron chi connectivity index (χ1n) is 4.03. The van der Waals surface area contributed by atoms with Crippen LogP contribution in [0.15, 0.2) is 16.7 Å². The van der Waals surface area contributed by atoms with Gasteiger partial charge in [0.15, 0.2) is 0 Å². The maximum Gasteiger partial charge on any atom is 0.232 e. The average Bonchev–Trinajstić information content (AvgIpc) is 2.50. The molecule has 0 N–H and O–H groups in total. The summed E-state index contributed by atoms with van der Waals surface area (Å²) in [5, 5.41) is 0. The number of nitrogens with zero attached hydrogens (tertiary/aromatic N) is 1. The molecule has 72 valence electrons. The predicted octanol–water partition coefficient (Wildman–Crippen LogP) is 1.48. The van der Waals surface area contributed by atoms with Crippen molar-refractivity contribution < 1.29 is 9.21 Å². The lowest BCUT2D eigenvalue weighted by Crippen LogP contribution is -2.27. The molecule has 1 aromatic rings. The minimum atomic E-state index is 0.0175. The van der Waals surface area contributed by atoms with Crippen molar-refractivity contribution in [3.05, 3.63) is 23.7 Å². The summed E-state index contributed by atoms with van der Waals surface area (Å²) in [6.45, 7) is 2.47. The van der Waals surface area contributed by atoms with Crippen molar-refractivity contribution in [1.82, 2.24) is 4.90 Å². The first-order chi connectivity index (χ1) is 6.15. The Labute approximate surface area is 83.1 Å². The van der Waals surface area contributed by atoms with Gasteiger partial charge in [0.05, 0.1) is 12.0 Å².